The van der Waals surface area contributed by atoms with Crippen molar-refractivity contribution < 1.29 is 9.59 Å². The molecule has 0 spiro atoms. The molecule has 0 bridgehead atoms. The molecule has 0 unspecified atom stereocenters. The molecule has 4 heteroatoms. The molecule has 4 nitrogen and oxygen atoms in total. The number of hydrogen-bond acceptors (Lipinski definition) is 2. The van der Waals surface area contributed by atoms with Crippen LogP contribution in [0, 0.1) is 5.41 Å². The van der Waals surface area contributed by atoms with Crippen LogP contribution in [0.15, 0.2) is 12.3 Å². The van der Waals surface area contributed by atoms with Crippen LogP contribution < -0.4 is 5.32 Å². The Labute approximate surface area is 114 Å². The lowest BCUT2D eigenvalue weighted by atomic mass is 9.76. The van der Waals surface area contributed by atoms with Crippen molar-refractivity contribution in [1.29, 1.82) is 0 Å². The fraction of sp³-hybridized carbons (Fsp3) is 0.600. The predicted molar refractivity (Wildman–Crippen MR) is 74.2 cm³/mol. The van der Waals surface area contributed by atoms with Crippen LogP contribution in [-0.4, -0.2) is 22.8 Å². The van der Waals surface area contributed by atoms with Gasteiger partial charge in [0, 0.05) is 43.4 Å². The van der Waals surface area contributed by atoms with Gasteiger partial charge in [0.2, 0.25) is 5.91 Å². The second-order valence-corrected chi connectivity index (χ2v) is 6.01. The lowest BCUT2D eigenvalue weighted by Crippen LogP contribution is -2.29. The van der Waals surface area contributed by atoms with Gasteiger partial charge in [-0.25, -0.2) is 0 Å². The van der Waals surface area contributed by atoms with E-state index in [0.717, 1.165) is 17.7 Å². The normalized spacial score (nSPS) is 17.1. The average molecular weight is 262 g/mol. The van der Waals surface area contributed by atoms with Gasteiger partial charge in [-0.05, 0) is 24.8 Å². The lowest BCUT2D eigenvalue weighted by molar-refractivity contribution is -0.121. The Morgan fingerprint density at radius 1 is 1.42 bits per heavy atom. The third kappa shape index (κ3) is 3.06. The molecule has 2 rings (SSSR count). The average Bonchev–Trinajstić information content (AvgIpc) is 2.68. The van der Waals surface area contributed by atoms with Gasteiger partial charge in [0.1, 0.15) is 0 Å². The van der Waals surface area contributed by atoms with E-state index in [0.29, 0.717) is 25.9 Å². The number of ketones is 1. The number of carbonyl (C=O) groups is 2. The van der Waals surface area contributed by atoms with Crippen molar-refractivity contribution in [3.05, 3.63) is 23.5 Å². The summed E-state index contributed by atoms with van der Waals surface area (Å²) in [6, 6.07) is 1.89. The van der Waals surface area contributed by atoms with E-state index in [1.807, 2.05) is 19.2 Å². The highest BCUT2D eigenvalue weighted by Crippen LogP contribution is 2.35. The Morgan fingerprint density at radius 2 is 2.16 bits per heavy atom. The Morgan fingerprint density at radius 3 is 2.84 bits per heavy atom. The van der Waals surface area contributed by atoms with Gasteiger partial charge in [-0.1, -0.05) is 13.8 Å². The van der Waals surface area contributed by atoms with Gasteiger partial charge < -0.3 is 9.88 Å². The number of hydrogen-bond donors (Lipinski definition) is 1. The molecule has 1 heterocycles. The molecule has 1 aromatic heterocycles. The number of rotatable bonds is 4. The molecule has 0 fully saturated rings. The predicted octanol–water partition coefficient (Wildman–Crippen LogP) is 2.17. The van der Waals surface area contributed by atoms with E-state index in [1.54, 1.807) is 0 Å². The molecule has 0 radical (unpaired) electrons. The minimum atomic E-state index is 0.0197. The molecule has 1 aliphatic rings. The molecule has 0 atom stereocenters. The smallest absolute Gasteiger partial charge is 0.221 e. The van der Waals surface area contributed by atoms with Gasteiger partial charge in [0.25, 0.3) is 0 Å². The topological polar surface area (TPSA) is 51.1 Å². The Kier molecular flexibility index (Phi) is 3.78. The number of nitrogens with one attached hydrogen (secondary N) is 1. The highest BCUT2D eigenvalue weighted by atomic mass is 16.1. The minimum absolute atomic E-state index is 0.0197. The fourth-order valence-electron chi connectivity index (χ4n) is 2.72. The number of amides is 1. The molecule has 1 aliphatic carbocycles. The van der Waals surface area contributed by atoms with E-state index < -0.39 is 0 Å². The number of Topliss-reactive ketones (excluding diaryl/α,β-unsaturated/α-hetero) is 1. The van der Waals surface area contributed by atoms with E-state index in [-0.39, 0.29) is 17.1 Å². The van der Waals surface area contributed by atoms with Crippen LogP contribution in [0.3, 0.4) is 0 Å². The zero-order valence-electron chi connectivity index (χ0n) is 12.0. The quantitative estimate of drug-likeness (QED) is 0.904. The van der Waals surface area contributed by atoms with Crippen LogP contribution in [0.5, 0.6) is 0 Å². The number of aryl methyl sites for hydroxylation is 1. The van der Waals surface area contributed by atoms with Crippen molar-refractivity contribution in [3.63, 3.8) is 0 Å². The summed E-state index contributed by atoms with van der Waals surface area (Å²) in [6.07, 6.45) is 3.91. The summed E-state index contributed by atoms with van der Waals surface area (Å²) in [5.74, 6) is 0.286. The first kappa shape index (κ1) is 13.8. The van der Waals surface area contributed by atoms with E-state index in [4.69, 9.17) is 0 Å². The zero-order valence-corrected chi connectivity index (χ0v) is 12.0. The molecular formula is C15H22N2O2. The molecule has 1 N–H and O–H groups in total. The number of carbonyl (C=O) groups excluding carboxylic acids is 2. The number of fused-ring (bicyclic) bond motifs is 1. The molecule has 1 aromatic rings. The van der Waals surface area contributed by atoms with Crippen molar-refractivity contribution in [3.8, 4) is 0 Å². The molecular weight excluding hydrogens is 240 g/mol. The second kappa shape index (κ2) is 5.19. The van der Waals surface area contributed by atoms with Crippen LogP contribution in [-0.2, 0) is 17.8 Å². The fourth-order valence-corrected chi connectivity index (χ4v) is 2.72. The van der Waals surface area contributed by atoms with E-state index in [2.05, 4.69) is 23.7 Å². The summed E-state index contributed by atoms with van der Waals surface area (Å²) < 4.78 is 2.06. The molecule has 104 valence electrons. The van der Waals surface area contributed by atoms with Gasteiger partial charge in [-0.3, -0.25) is 9.59 Å². The van der Waals surface area contributed by atoms with Crippen molar-refractivity contribution in [2.24, 2.45) is 5.41 Å². The maximum absolute atomic E-state index is 12.1. The van der Waals surface area contributed by atoms with Crippen LogP contribution in [0.25, 0.3) is 0 Å². The van der Waals surface area contributed by atoms with E-state index >= 15 is 0 Å². The number of nitrogens with zero attached hydrogens (tertiary/aromatic N) is 1. The van der Waals surface area contributed by atoms with Crippen LogP contribution >= 0.6 is 0 Å². The second-order valence-electron chi connectivity index (χ2n) is 6.01. The van der Waals surface area contributed by atoms with Gasteiger partial charge >= 0.3 is 0 Å². The Hall–Kier alpha value is -1.58. The summed E-state index contributed by atoms with van der Waals surface area (Å²) in [4.78, 5) is 23.6. The van der Waals surface area contributed by atoms with Crippen LogP contribution in [0.2, 0.25) is 0 Å². The summed E-state index contributed by atoms with van der Waals surface area (Å²) in [5, 5.41) is 2.79. The summed E-state index contributed by atoms with van der Waals surface area (Å²) >= 11 is 0. The highest BCUT2D eigenvalue weighted by molar-refractivity contribution is 5.98. The standard InChI is InChI=1S/C15H22N2O2/c1-4-16-14(19)6-8-17-7-5-11-12(17)9-15(2,3)10-13(11)18/h5,7H,4,6,8-10H2,1-3H3,(H,16,19). The summed E-state index contributed by atoms with van der Waals surface area (Å²) in [7, 11) is 0. The monoisotopic (exact) mass is 262 g/mol. The Balaban J connectivity index is 2.12. The first-order valence-corrected chi connectivity index (χ1v) is 6.91. The molecule has 19 heavy (non-hydrogen) atoms. The van der Waals surface area contributed by atoms with E-state index in [9.17, 15) is 9.59 Å². The zero-order chi connectivity index (χ0) is 14.0. The summed E-state index contributed by atoms with van der Waals surface area (Å²) in [5.41, 5.74) is 1.95. The molecule has 0 aromatic carbocycles. The first-order valence-electron chi connectivity index (χ1n) is 6.91. The Bertz CT molecular complexity index is 500. The molecule has 0 saturated carbocycles. The molecule has 1 amide bonds. The summed E-state index contributed by atoms with van der Waals surface area (Å²) in [6.45, 7) is 7.46. The molecule has 0 aliphatic heterocycles. The maximum Gasteiger partial charge on any atom is 0.221 e. The van der Waals surface area contributed by atoms with Gasteiger partial charge in [0.15, 0.2) is 5.78 Å². The van der Waals surface area contributed by atoms with E-state index in [1.165, 1.54) is 0 Å². The van der Waals surface area contributed by atoms with Gasteiger partial charge in [-0.15, -0.1) is 0 Å². The van der Waals surface area contributed by atoms with Crippen LogP contribution in [0.1, 0.15) is 49.7 Å². The van der Waals surface area contributed by atoms with Gasteiger partial charge in [-0.2, -0.15) is 0 Å². The van der Waals surface area contributed by atoms with Crippen molar-refractivity contribution >= 4 is 11.7 Å². The molecule has 0 saturated heterocycles. The minimum Gasteiger partial charge on any atom is -0.356 e. The highest BCUT2D eigenvalue weighted by Gasteiger charge is 2.32. The largest absolute Gasteiger partial charge is 0.356 e. The first-order chi connectivity index (χ1) is 8.93. The number of aromatic nitrogens is 1. The van der Waals surface area contributed by atoms with Crippen molar-refractivity contribution in [2.75, 3.05) is 6.54 Å². The van der Waals surface area contributed by atoms with Crippen molar-refractivity contribution in [2.45, 2.75) is 46.6 Å². The SMILES string of the molecule is CCNC(=O)CCn1ccc2c1CC(C)(C)CC2=O. The van der Waals surface area contributed by atoms with Crippen molar-refractivity contribution in [1.82, 2.24) is 9.88 Å². The van der Waals surface area contributed by atoms with Crippen LogP contribution in [0.4, 0.5) is 0 Å². The maximum atomic E-state index is 12.1. The third-order valence-corrected chi connectivity index (χ3v) is 3.62. The van der Waals surface area contributed by atoms with Gasteiger partial charge in [0.05, 0.1) is 0 Å². The lowest BCUT2D eigenvalue weighted by Gasteiger charge is -2.29. The third-order valence-electron chi connectivity index (χ3n) is 3.62.